The highest BCUT2D eigenvalue weighted by molar-refractivity contribution is 5.90. The maximum atomic E-state index is 13.4. The molecule has 0 aromatic heterocycles. The van der Waals surface area contributed by atoms with Crippen molar-refractivity contribution in [2.75, 3.05) is 20.2 Å². The van der Waals surface area contributed by atoms with Gasteiger partial charge in [-0.1, -0.05) is 60.7 Å². The Bertz CT molecular complexity index is 651. The Labute approximate surface area is 163 Å². The molecular weight excluding hydrogens is 336 g/mol. The smallest absolute Gasteiger partial charge is 0.261 e. The van der Waals surface area contributed by atoms with Gasteiger partial charge in [0.2, 0.25) is 0 Å². The summed E-state index contributed by atoms with van der Waals surface area (Å²) in [6, 6.07) is 20.2. The minimum atomic E-state index is -1.16. The molecule has 27 heavy (non-hydrogen) atoms. The highest BCUT2D eigenvalue weighted by Gasteiger charge is 2.42. The second-order valence-corrected chi connectivity index (χ2v) is 7.30. The van der Waals surface area contributed by atoms with E-state index in [4.69, 9.17) is 4.74 Å². The third-order valence-electron chi connectivity index (χ3n) is 4.97. The summed E-state index contributed by atoms with van der Waals surface area (Å²) in [5.74, 6) is -0.144. The van der Waals surface area contributed by atoms with E-state index in [1.54, 1.807) is 7.11 Å². The third-order valence-corrected chi connectivity index (χ3v) is 4.97. The minimum Gasteiger partial charge on any atom is -0.359 e. The fourth-order valence-electron chi connectivity index (χ4n) is 3.64. The van der Waals surface area contributed by atoms with Crippen LogP contribution >= 0.6 is 0 Å². The van der Waals surface area contributed by atoms with Gasteiger partial charge >= 0.3 is 0 Å². The van der Waals surface area contributed by atoms with Gasteiger partial charge in [-0.05, 0) is 38.8 Å². The zero-order chi connectivity index (χ0) is 19.9. The topological polar surface area (TPSA) is 41.6 Å². The molecule has 4 nitrogen and oxygen atoms in total. The molecule has 2 aromatic carbocycles. The maximum Gasteiger partial charge on any atom is 0.261 e. The van der Waals surface area contributed by atoms with E-state index in [1.165, 1.54) is 0 Å². The van der Waals surface area contributed by atoms with Crippen LogP contribution in [0.3, 0.4) is 0 Å². The van der Waals surface area contributed by atoms with Crippen molar-refractivity contribution in [2.24, 2.45) is 0 Å². The van der Waals surface area contributed by atoms with Gasteiger partial charge in [0.05, 0.1) is 0 Å². The van der Waals surface area contributed by atoms with E-state index in [2.05, 4.69) is 37.9 Å². The van der Waals surface area contributed by atoms with Crippen molar-refractivity contribution in [1.82, 2.24) is 10.2 Å². The lowest BCUT2D eigenvalue weighted by atomic mass is 9.85. The second kappa shape index (κ2) is 9.67. The average Bonchev–Trinajstić information content (AvgIpc) is 2.67. The summed E-state index contributed by atoms with van der Waals surface area (Å²) in [7, 11) is 1.59. The molecule has 146 valence electrons. The first-order valence-electron chi connectivity index (χ1n) is 9.63. The zero-order valence-electron chi connectivity index (χ0n) is 17.1. The van der Waals surface area contributed by atoms with E-state index in [0.29, 0.717) is 18.6 Å². The summed E-state index contributed by atoms with van der Waals surface area (Å²) in [6.07, 6.45) is 0. The molecule has 0 aliphatic heterocycles. The Morgan fingerprint density at radius 3 is 1.74 bits per heavy atom. The molecule has 0 aliphatic rings. The average molecular weight is 369 g/mol. The Kier molecular flexibility index (Phi) is 7.57. The molecule has 1 N–H and O–H groups in total. The monoisotopic (exact) mass is 368 g/mol. The van der Waals surface area contributed by atoms with Gasteiger partial charge in [0.1, 0.15) is 0 Å². The van der Waals surface area contributed by atoms with E-state index in [-0.39, 0.29) is 5.91 Å². The fraction of sp³-hybridized carbons (Fsp3) is 0.435. The molecule has 0 heterocycles. The largest absolute Gasteiger partial charge is 0.359 e. The molecule has 1 amide bonds. The standard InChI is InChI=1S/C23H32N2O2/c1-18(2)25(19(3)4)17-16-24-22(26)23(27-5,20-12-8-6-9-13-20)21-14-10-7-11-15-21/h6-15,18-19H,16-17H2,1-5H3,(H,24,26). The molecule has 0 fully saturated rings. The minimum absolute atomic E-state index is 0.144. The number of carbonyl (C=O) groups is 1. The maximum absolute atomic E-state index is 13.4. The van der Waals surface area contributed by atoms with Gasteiger partial charge in [0.15, 0.2) is 5.60 Å². The first-order valence-corrected chi connectivity index (χ1v) is 9.63. The molecule has 0 radical (unpaired) electrons. The number of hydrogen-bond donors (Lipinski definition) is 1. The number of nitrogens with zero attached hydrogens (tertiary/aromatic N) is 1. The van der Waals surface area contributed by atoms with Gasteiger partial charge < -0.3 is 10.1 Å². The van der Waals surface area contributed by atoms with Gasteiger partial charge in [-0.25, -0.2) is 0 Å². The highest BCUT2D eigenvalue weighted by atomic mass is 16.5. The summed E-state index contributed by atoms with van der Waals surface area (Å²) >= 11 is 0. The van der Waals surface area contributed by atoms with Gasteiger partial charge in [-0.2, -0.15) is 0 Å². The van der Waals surface area contributed by atoms with Crippen molar-refractivity contribution in [3.05, 3.63) is 71.8 Å². The van der Waals surface area contributed by atoms with Crippen molar-refractivity contribution in [3.63, 3.8) is 0 Å². The van der Waals surface area contributed by atoms with Crippen LogP contribution in [-0.2, 0) is 15.1 Å². The van der Waals surface area contributed by atoms with Crippen molar-refractivity contribution in [2.45, 2.75) is 45.4 Å². The van der Waals surface area contributed by atoms with E-state index in [9.17, 15) is 4.79 Å². The fourth-order valence-corrected chi connectivity index (χ4v) is 3.64. The predicted octanol–water partition coefficient (Wildman–Crippen LogP) is 3.81. The molecule has 0 atom stereocenters. The lowest BCUT2D eigenvalue weighted by molar-refractivity contribution is -0.140. The van der Waals surface area contributed by atoms with E-state index >= 15 is 0 Å². The van der Waals surface area contributed by atoms with Crippen LogP contribution in [0.4, 0.5) is 0 Å². The molecule has 2 rings (SSSR count). The van der Waals surface area contributed by atoms with Crippen LogP contribution in [0.2, 0.25) is 0 Å². The van der Waals surface area contributed by atoms with Crippen LogP contribution in [-0.4, -0.2) is 43.1 Å². The van der Waals surface area contributed by atoms with E-state index < -0.39 is 5.60 Å². The summed E-state index contributed by atoms with van der Waals surface area (Å²) in [4.78, 5) is 15.7. The molecule has 2 aromatic rings. The first-order chi connectivity index (χ1) is 12.9. The molecule has 0 saturated carbocycles. The number of amides is 1. The second-order valence-electron chi connectivity index (χ2n) is 7.30. The summed E-state index contributed by atoms with van der Waals surface area (Å²) in [5.41, 5.74) is 0.477. The summed E-state index contributed by atoms with van der Waals surface area (Å²) in [6.45, 7) is 10.1. The van der Waals surface area contributed by atoms with Gasteiger partial charge in [-0.3, -0.25) is 9.69 Å². The highest BCUT2D eigenvalue weighted by Crippen LogP contribution is 2.33. The molecule has 0 aliphatic carbocycles. The number of methoxy groups -OCH3 is 1. The van der Waals surface area contributed by atoms with Crippen molar-refractivity contribution >= 4 is 5.91 Å². The molecule has 0 spiro atoms. The van der Waals surface area contributed by atoms with Gasteiger partial charge in [0, 0.05) is 32.3 Å². The van der Waals surface area contributed by atoms with E-state index in [1.807, 2.05) is 60.7 Å². The number of benzene rings is 2. The predicted molar refractivity (Wildman–Crippen MR) is 111 cm³/mol. The van der Waals surface area contributed by atoms with E-state index in [0.717, 1.165) is 17.7 Å². The molecule has 0 bridgehead atoms. The van der Waals surface area contributed by atoms with Crippen LogP contribution in [0.25, 0.3) is 0 Å². The summed E-state index contributed by atoms with van der Waals surface area (Å²) < 4.78 is 5.90. The third kappa shape index (κ3) is 4.76. The number of hydrogen-bond acceptors (Lipinski definition) is 3. The Morgan fingerprint density at radius 2 is 1.37 bits per heavy atom. The lowest BCUT2D eigenvalue weighted by Gasteiger charge is -2.34. The quantitative estimate of drug-likeness (QED) is 0.732. The van der Waals surface area contributed by atoms with Crippen LogP contribution in [0, 0.1) is 0 Å². The van der Waals surface area contributed by atoms with Gasteiger partial charge in [0.25, 0.3) is 5.91 Å². The lowest BCUT2D eigenvalue weighted by Crippen LogP contribution is -2.49. The zero-order valence-corrected chi connectivity index (χ0v) is 17.1. The Hall–Kier alpha value is -2.17. The van der Waals surface area contributed by atoms with Crippen molar-refractivity contribution in [3.8, 4) is 0 Å². The molecule has 4 heteroatoms. The van der Waals surface area contributed by atoms with Crippen molar-refractivity contribution < 1.29 is 9.53 Å². The molecule has 0 unspecified atom stereocenters. The Morgan fingerprint density at radius 1 is 0.926 bits per heavy atom. The Balaban J connectivity index is 2.28. The first kappa shape index (κ1) is 21.1. The normalized spacial score (nSPS) is 12.0. The number of nitrogens with one attached hydrogen (secondary N) is 1. The molecule has 0 saturated heterocycles. The van der Waals surface area contributed by atoms with Crippen LogP contribution in [0.15, 0.2) is 60.7 Å². The number of carbonyl (C=O) groups excluding carboxylic acids is 1. The number of ether oxygens (including phenoxy) is 1. The summed E-state index contributed by atoms with van der Waals surface area (Å²) in [5, 5.41) is 3.11. The SMILES string of the molecule is COC(C(=O)NCCN(C(C)C)C(C)C)(c1ccccc1)c1ccccc1. The van der Waals surface area contributed by atoms with Gasteiger partial charge in [-0.15, -0.1) is 0 Å². The molecular formula is C23H32N2O2. The van der Waals surface area contributed by atoms with Crippen LogP contribution in [0.1, 0.15) is 38.8 Å². The number of rotatable bonds is 9. The van der Waals surface area contributed by atoms with Crippen molar-refractivity contribution in [1.29, 1.82) is 0 Å². The van der Waals surface area contributed by atoms with Crippen LogP contribution < -0.4 is 5.32 Å². The van der Waals surface area contributed by atoms with Crippen LogP contribution in [0.5, 0.6) is 0 Å².